The zero-order valence-corrected chi connectivity index (χ0v) is 18.5. The van der Waals surface area contributed by atoms with E-state index in [0.29, 0.717) is 11.1 Å². The standard InChI is InChI=1S/C21H18N2O5S3/c24-15(9-14-7-4-8-29-14)22-16-18(25)23-17(20(26)27)13(10-30-19(16)23)11-31-21(28)12-5-2-1-3-6-12/h1-8,10,16-17,19H,9,11H2,(H,22,24)(H,26,27)/t16?,17?,19-/m1/s1. The molecule has 3 heterocycles. The zero-order chi connectivity index (χ0) is 22.0. The first-order valence-corrected chi connectivity index (χ1v) is 12.2. The topological polar surface area (TPSA) is 104 Å². The highest BCUT2D eigenvalue weighted by molar-refractivity contribution is 8.14. The van der Waals surface area contributed by atoms with Crippen molar-refractivity contribution in [2.75, 3.05) is 5.75 Å². The first-order chi connectivity index (χ1) is 15.0. The molecule has 1 aromatic heterocycles. The van der Waals surface area contributed by atoms with Crippen LogP contribution in [0.2, 0.25) is 0 Å². The number of rotatable bonds is 7. The summed E-state index contributed by atoms with van der Waals surface area (Å²) in [4.78, 5) is 51.4. The maximum Gasteiger partial charge on any atom is 0.330 e. The summed E-state index contributed by atoms with van der Waals surface area (Å²) in [5.41, 5.74) is 1.02. The summed E-state index contributed by atoms with van der Waals surface area (Å²) in [5, 5.41) is 15.4. The molecule has 31 heavy (non-hydrogen) atoms. The number of amides is 2. The second kappa shape index (κ2) is 9.29. The van der Waals surface area contributed by atoms with Crippen LogP contribution in [0.3, 0.4) is 0 Å². The number of fused-ring (bicyclic) bond motifs is 1. The van der Waals surface area contributed by atoms with Crippen molar-refractivity contribution < 1.29 is 24.3 Å². The number of benzene rings is 1. The van der Waals surface area contributed by atoms with Gasteiger partial charge in [-0.1, -0.05) is 48.2 Å². The predicted octanol–water partition coefficient (Wildman–Crippen LogP) is 2.60. The molecule has 0 spiro atoms. The Kier molecular flexibility index (Phi) is 6.49. The average Bonchev–Trinajstić information content (AvgIpc) is 3.28. The molecule has 2 amide bonds. The van der Waals surface area contributed by atoms with Crippen molar-refractivity contribution in [1.82, 2.24) is 10.2 Å². The number of carboxylic acids is 1. The Morgan fingerprint density at radius 1 is 1.13 bits per heavy atom. The molecule has 2 unspecified atom stereocenters. The molecule has 2 aromatic rings. The number of carbonyl (C=O) groups is 4. The summed E-state index contributed by atoms with van der Waals surface area (Å²) in [6.07, 6.45) is 0.181. The zero-order valence-electron chi connectivity index (χ0n) is 16.1. The van der Waals surface area contributed by atoms with Gasteiger partial charge >= 0.3 is 5.97 Å². The summed E-state index contributed by atoms with van der Waals surface area (Å²) in [7, 11) is 0. The molecule has 160 valence electrons. The molecule has 3 atom stereocenters. The van der Waals surface area contributed by atoms with E-state index < -0.39 is 29.3 Å². The van der Waals surface area contributed by atoms with Gasteiger partial charge in [-0.3, -0.25) is 14.4 Å². The molecule has 7 nitrogen and oxygen atoms in total. The number of hydrogen-bond acceptors (Lipinski definition) is 7. The number of β-lactam (4-membered cyclic amide) rings is 1. The maximum atomic E-state index is 12.7. The minimum atomic E-state index is -1.15. The van der Waals surface area contributed by atoms with E-state index >= 15 is 0 Å². The summed E-state index contributed by atoms with van der Waals surface area (Å²) in [5.74, 6) is -1.67. The summed E-state index contributed by atoms with van der Waals surface area (Å²) < 4.78 is 0. The molecular formula is C21H18N2O5S3. The quantitative estimate of drug-likeness (QED) is 0.595. The van der Waals surface area contributed by atoms with Gasteiger partial charge in [-0.25, -0.2) is 4.79 Å². The van der Waals surface area contributed by atoms with Gasteiger partial charge in [0.05, 0.1) is 6.42 Å². The highest BCUT2D eigenvalue weighted by atomic mass is 32.2. The van der Waals surface area contributed by atoms with Crippen molar-refractivity contribution in [1.29, 1.82) is 0 Å². The van der Waals surface area contributed by atoms with Crippen molar-refractivity contribution in [3.05, 3.63) is 69.3 Å². The van der Waals surface area contributed by atoms with Gasteiger partial charge in [0.2, 0.25) is 16.9 Å². The fourth-order valence-corrected chi connectivity index (χ4v) is 6.31. The molecule has 0 bridgehead atoms. The van der Waals surface area contributed by atoms with Crippen molar-refractivity contribution in [3.63, 3.8) is 0 Å². The highest BCUT2D eigenvalue weighted by Gasteiger charge is 2.55. The lowest BCUT2D eigenvalue weighted by atomic mass is 9.98. The molecule has 10 heteroatoms. The number of carboxylic acid groups (broad SMARTS) is 1. The summed E-state index contributed by atoms with van der Waals surface area (Å²) in [6, 6.07) is 10.5. The van der Waals surface area contributed by atoms with Gasteiger partial charge in [0.25, 0.3) is 0 Å². The molecule has 0 saturated carbocycles. The van der Waals surface area contributed by atoms with Gasteiger partial charge in [0.1, 0.15) is 11.4 Å². The predicted molar refractivity (Wildman–Crippen MR) is 121 cm³/mol. The average molecular weight is 475 g/mol. The van der Waals surface area contributed by atoms with E-state index in [1.807, 2.05) is 23.6 Å². The highest BCUT2D eigenvalue weighted by Crippen LogP contribution is 2.41. The van der Waals surface area contributed by atoms with Gasteiger partial charge in [-0.15, -0.1) is 23.1 Å². The van der Waals surface area contributed by atoms with E-state index in [2.05, 4.69) is 5.32 Å². The Bertz CT molecular complexity index is 1040. The van der Waals surface area contributed by atoms with Gasteiger partial charge in [0, 0.05) is 16.2 Å². The van der Waals surface area contributed by atoms with Crippen LogP contribution >= 0.6 is 34.9 Å². The van der Waals surface area contributed by atoms with Crippen LogP contribution in [0.5, 0.6) is 0 Å². The van der Waals surface area contributed by atoms with Crippen LogP contribution < -0.4 is 5.32 Å². The Morgan fingerprint density at radius 2 is 1.90 bits per heavy atom. The normalized spacial score (nSPS) is 22.2. The van der Waals surface area contributed by atoms with E-state index in [1.54, 1.807) is 29.7 Å². The lowest BCUT2D eigenvalue weighted by Crippen LogP contribution is -2.74. The Labute approximate surface area is 190 Å². The van der Waals surface area contributed by atoms with Crippen LogP contribution in [0.4, 0.5) is 0 Å². The van der Waals surface area contributed by atoms with E-state index in [9.17, 15) is 24.3 Å². The van der Waals surface area contributed by atoms with Crippen molar-refractivity contribution in [2.24, 2.45) is 0 Å². The molecule has 1 saturated heterocycles. The molecule has 1 aromatic carbocycles. The summed E-state index contributed by atoms with van der Waals surface area (Å²) >= 11 is 3.76. The number of nitrogens with one attached hydrogen (secondary N) is 1. The van der Waals surface area contributed by atoms with Crippen LogP contribution in [-0.4, -0.2) is 56.1 Å². The number of carbonyl (C=O) groups excluding carboxylic acids is 3. The van der Waals surface area contributed by atoms with Gasteiger partial charge in [0.15, 0.2) is 6.04 Å². The lowest BCUT2D eigenvalue weighted by Gasteiger charge is -2.51. The van der Waals surface area contributed by atoms with Crippen LogP contribution in [0, 0.1) is 0 Å². The largest absolute Gasteiger partial charge is 0.479 e. The van der Waals surface area contributed by atoms with Crippen LogP contribution in [0.1, 0.15) is 15.2 Å². The molecule has 2 aliphatic heterocycles. The van der Waals surface area contributed by atoms with E-state index in [1.165, 1.54) is 28.0 Å². The fraction of sp³-hybridized carbons (Fsp3) is 0.238. The Balaban J connectivity index is 1.41. The Morgan fingerprint density at radius 3 is 2.58 bits per heavy atom. The Hall–Kier alpha value is -2.56. The van der Waals surface area contributed by atoms with Crippen molar-refractivity contribution >= 4 is 57.8 Å². The molecular weight excluding hydrogens is 456 g/mol. The van der Waals surface area contributed by atoms with E-state index in [0.717, 1.165) is 16.6 Å². The van der Waals surface area contributed by atoms with E-state index in [4.69, 9.17) is 0 Å². The first kappa shape index (κ1) is 21.7. The minimum absolute atomic E-state index is 0.161. The van der Waals surface area contributed by atoms with Crippen LogP contribution in [0.15, 0.2) is 58.8 Å². The van der Waals surface area contributed by atoms with Gasteiger partial charge in [-0.2, -0.15) is 0 Å². The number of thiophene rings is 1. The maximum absolute atomic E-state index is 12.7. The third-order valence-corrected chi connectivity index (χ3v) is 7.98. The van der Waals surface area contributed by atoms with Crippen LogP contribution in [-0.2, 0) is 20.8 Å². The third kappa shape index (κ3) is 4.56. The van der Waals surface area contributed by atoms with Crippen molar-refractivity contribution in [2.45, 2.75) is 23.9 Å². The molecule has 2 N–H and O–H groups in total. The van der Waals surface area contributed by atoms with Gasteiger partial charge < -0.3 is 15.3 Å². The number of hydrogen-bond donors (Lipinski definition) is 2. The second-order valence-corrected chi connectivity index (χ2v) is 9.92. The van der Waals surface area contributed by atoms with Gasteiger partial charge in [-0.05, 0) is 22.4 Å². The molecule has 4 rings (SSSR count). The van der Waals surface area contributed by atoms with Crippen LogP contribution in [0.25, 0.3) is 0 Å². The lowest BCUT2D eigenvalue weighted by molar-refractivity contribution is -0.160. The number of thioether (sulfide) groups is 2. The van der Waals surface area contributed by atoms with E-state index in [-0.39, 0.29) is 23.2 Å². The number of nitrogens with zero attached hydrogens (tertiary/aromatic N) is 1. The minimum Gasteiger partial charge on any atom is -0.479 e. The fourth-order valence-electron chi connectivity index (χ4n) is 3.43. The van der Waals surface area contributed by atoms with Crippen molar-refractivity contribution in [3.8, 4) is 0 Å². The number of aliphatic carboxylic acids is 1. The molecule has 0 radical (unpaired) electrons. The smallest absolute Gasteiger partial charge is 0.330 e. The second-order valence-electron chi connectivity index (χ2n) is 6.95. The summed E-state index contributed by atoms with van der Waals surface area (Å²) in [6.45, 7) is 0. The SMILES string of the molecule is O=C(Cc1cccs1)NC1C(=O)N2C(C(=O)O)C(CSC(=O)c3ccccc3)=CS[C@H]12. The molecule has 0 aliphatic carbocycles. The first-order valence-electron chi connectivity index (χ1n) is 9.39. The third-order valence-electron chi connectivity index (χ3n) is 4.91. The molecule has 1 fully saturated rings. The molecule has 2 aliphatic rings. The monoisotopic (exact) mass is 474 g/mol.